The van der Waals surface area contributed by atoms with E-state index in [1.807, 2.05) is 0 Å². The summed E-state index contributed by atoms with van der Waals surface area (Å²) in [5.41, 5.74) is 9.00. The second kappa shape index (κ2) is 10.6. The van der Waals surface area contributed by atoms with Crippen LogP contribution in [0.1, 0.15) is 59.4 Å². The molecule has 1 heterocycles. The van der Waals surface area contributed by atoms with Crippen LogP contribution in [0.15, 0.2) is 78.9 Å². The minimum Gasteiger partial charge on any atom is -0.396 e. The van der Waals surface area contributed by atoms with Crippen molar-refractivity contribution in [2.75, 3.05) is 19.7 Å². The number of allylic oxidation sites excluding steroid dienone is 1. The average molecular weight is 412 g/mol. The molecule has 2 nitrogen and oxygen atoms in total. The smallest absolute Gasteiger partial charge is 0.0434 e. The Hall–Kier alpha value is -2.68. The van der Waals surface area contributed by atoms with Crippen LogP contribution < -0.4 is 5.32 Å². The van der Waals surface area contributed by atoms with Gasteiger partial charge in [0.05, 0.1) is 0 Å². The summed E-state index contributed by atoms with van der Waals surface area (Å²) in [5, 5.41) is 13.0. The van der Waals surface area contributed by atoms with Crippen molar-refractivity contribution in [1.29, 1.82) is 0 Å². The third-order valence-corrected chi connectivity index (χ3v) is 6.36. The molecule has 0 unspecified atom stereocenters. The number of rotatable bonds is 7. The number of hydrogen-bond acceptors (Lipinski definition) is 2. The van der Waals surface area contributed by atoms with E-state index in [9.17, 15) is 5.11 Å². The molecular weight excluding hydrogens is 378 g/mol. The fourth-order valence-electron chi connectivity index (χ4n) is 4.62. The van der Waals surface area contributed by atoms with Crippen LogP contribution in [0.2, 0.25) is 0 Å². The van der Waals surface area contributed by atoms with Crippen molar-refractivity contribution >= 4 is 11.1 Å². The highest BCUT2D eigenvalue weighted by molar-refractivity contribution is 5.98. The SMILES string of the molecule is Cc1ccc(C(=C(CCCO)c2ccccc2)c2ccc(C3CCNCC3)cc2)cc1. The van der Waals surface area contributed by atoms with E-state index in [0.717, 1.165) is 25.9 Å². The molecule has 160 valence electrons. The monoisotopic (exact) mass is 411 g/mol. The van der Waals surface area contributed by atoms with Gasteiger partial charge in [0.15, 0.2) is 0 Å². The molecule has 31 heavy (non-hydrogen) atoms. The van der Waals surface area contributed by atoms with Gasteiger partial charge in [-0.15, -0.1) is 0 Å². The zero-order valence-corrected chi connectivity index (χ0v) is 18.5. The van der Waals surface area contributed by atoms with Crippen LogP contribution in [-0.4, -0.2) is 24.8 Å². The van der Waals surface area contributed by atoms with Gasteiger partial charge in [-0.05, 0) is 85.0 Å². The van der Waals surface area contributed by atoms with Crippen LogP contribution in [0, 0.1) is 6.92 Å². The number of nitrogens with one attached hydrogen (secondary N) is 1. The van der Waals surface area contributed by atoms with Crippen LogP contribution in [0.5, 0.6) is 0 Å². The molecule has 0 spiro atoms. The van der Waals surface area contributed by atoms with Crippen molar-refractivity contribution in [3.8, 4) is 0 Å². The first-order chi connectivity index (χ1) is 15.3. The summed E-state index contributed by atoms with van der Waals surface area (Å²) in [7, 11) is 0. The van der Waals surface area contributed by atoms with Crippen molar-refractivity contribution in [2.24, 2.45) is 0 Å². The molecule has 0 bridgehead atoms. The number of aliphatic hydroxyl groups is 1. The summed E-state index contributed by atoms with van der Waals surface area (Å²) >= 11 is 0. The molecule has 0 aliphatic carbocycles. The first-order valence-corrected chi connectivity index (χ1v) is 11.5. The van der Waals surface area contributed by atoms with Gasteiger partial charge in [0, 0.05) is 6.61 Å². The normalized spacial score (nSPS) is 15.5. The summed E-state index contributed by atoms with van der Waals surface area (Å²) in [6.45, 7) is 4.55. The van der Waals surface area contributed by atoms with Gasteiger partial charge in [0.2, 0.25) is 0 Å². The Labute approximate surface area is 186 Å². The second-order valence-electron chi connectivity index (χ2n) is 8.56. The molecule has 2 N–H and O–H groups in total. The Kier molecular flexibility index (Phi) is 7.35. The Balaban J connectivity index is 1.81. The van der Waals surface area contributed by atoms with Crippen LogP contribution in [0.3, 0.4) is 0 Å². The lowest BCUT2D eigenvalue weighted by atomic mass is 9.85. The maximum Gasteiger partial charge on any atom is 0.0434 e. The van der Waals surface area contributed by atoms with E-state index in [0.29, 0.717) is 5.92 Å². The molecule has 0 amide bonds. The van der Waals surface area contributed by atoms with Crippen molar-refractivity contribution in [1.82, 2.24) is 5.32 Å². The predicted octanol–water partition coefficient (Wildman–Crippen LogP) is 6.19. The highest BCUT2D eigenvalue weighted by Gasteiger charge is 2.17. The van der Waals surface area contributed by atoms with Crippen LogP contribution in [-0.2, 0) is 0 Å². The van der Waals surface area contributed by atoms with Gasteiger partial charge in [-0.3, -0.25) is 0 Å². The van der Waals surface area contributed by atoms with Crippen LogP contribution in [0.25, 0.3) is 11.1 Å². The molecule has 0 saturated carbocycles. The van der Waals surface area contributed by atoms with Crippen molar-refractivity contribution < 1.29 is 5.11 Å². The van der Waals surface area contributed by atoms with E-state index in [4.69, 9.17) is 0 Å². The summed E-state index contributed by atoms with van der Waals surface area (Å²) < 4.78 is 0. The molecule has 1 saturated heterocycles. The summed E-state index contributed by atoms with van der Waals surface area (Å²) in [4.78, 5) is 0. The number of aryl methyl sites for hydroxylation is 1. The Morgan fingerprint density at radius 2 is 1.42 bits per heavy atom. The number of aliphatic hydroxyl groups excluding tert-OH is 1. The second-order valence-corrected chi connectivity index (χ2v) is 8.56. The van der Waals surface area contributed by atoms with Crippen molar-refractivity contribution in [3.05, 3.63) is 107 Å². The Morgan fingerprint density at radius 3 is 2.03 bits per heavy atom. The van der Waals surface area contributed by atoms with E-state index in [1.54, 1.807) is 0 Å². The molecule has 1 aliphatic rings. The van der Waals surface area contributed by atoms with Gasteiger partial charge in [-0.1, -0.05) is 84.4 Å². The summed E-state index contributed by atoms with van der Waals surface area (Å²) in [6, 6.07) is 28.7. The molecule has 0 aromatic heterocycles. The van der Waals surface area contributed by atoms with Crippen LogP contribution in [0.4, 0.5) is 0 Å². The number of piperidine rings is 1. The van der Waals surface area contributed by atoms with E-state index < -0.39 is 0 Å². The lowest BCUT2D eigenvalue weighted by molar-refractivity contribution is 0.290. The fourth-order valence-corrected chi connectivity index (χ4v) is 4.62. The molecule has 3 aromatic rings. The van der Waals surface area contributed by atoms with Gasteiger partial charge < -0.3 is 10.4 Å². The molecule has 0 radical (unpaired) electrons. The van der Waals surface area contributed by atoms with Crippen molar-refractivity contribution in [2.45, 2.75) is 38.5 Å². The third kappa shape index (κ3) is 5.33. The summed E-state index contributed by atoms with van der Waals surface area (Å²) in [6.07, 6.45) is 4.03. The van der Waals surface area contributed by atoms with E-state index in [1.165, 1.54) is 51.8 Å². The first-order valence-electron chi connectivity index (χ1n) is 11.5. The summed E-state index contributed by atoms with van der Waals surface area (Å²) in [5.74, 6) is 0.657. The molecule has 3 aromatic carbocycles. The predicted molar refractivity (Wildman–Crippen MR) is 131 cm³/mol. The fraction of sp³-hybridized carbons (Fsp3) is 0.310. The minimum atomic E-state index is 0.201. The number of hydrogen-bond donors (Lipinski definition) is 2. The van der Waals surface area contributed by atoms with Gasteiger partial charge in [0.1, 0.15) is 0 Å². The standard InChI is InChI=1S/C29H33NO/c1-22-9-11-26(12-10-22)29(28(8-5-21-31)25-6-3-2-4-7-25)27-15-13-23(14-16-27)24-17-19-30-20-18-24/h2-4,6-7,9-16,24,30-31H,5,8,17-21H2,1H3. The maximum absolute atomic E-state index is 9.57. The quantitative estimate of drug-likeness (QED) is 0.454. The zero-order chi connectivity index (χ0) is 21.5. The van der Waals surface area contributed by atoms with E-state index >= 15 is 0 Å². The third-order valence-electron chi connectivity index (χ3n) is 6.36. The minimum absolute atomic E-state index is 0.201. The zero-order valence-electron chi connectivity index (χ0n) is 18.5. The lowest BCUT2D eigenvalue weighted by Crippen LogP contribution is -2.26. The highest BCUT2D eigenvalue weighted by atomic mass is 16.2. The topological polar surface area (TPSA) is 32.3 Å². The number of benzene rings is 3. The molecular formula is C29H33NO. The average Bonchev–Trinajstić information content (AvgIpc) is 2.84. The lowest BCUT2D eigenvalue weighted by Gasteiger charge is -2.23. The van der Waals surface area contributed by atoms with Crippen molar-refractivity contribution in [3.63, 3.8) is 0 Å². The highest BCUT2D eigenvalue weighted by Crippen LogP contribution is 2.36. The first kappa shape index (κ1) is 21.5. The molecule has 1 aliphatic heterocycles. The van der Waals surface area contributed by atoms with Gasteiger partial charge in [-0.25, -0.2) is 0 Å². The van der Waals surface area contributed by atoms with E-state index in [-0.39, 0.29) is 6.61 Å². The molecule has 4 rings (SSSR count). The van der Waals surface area contributed by atoms with Gasteiger partial charge in [0.25, 0.3) is 0 Å². The van der Waals surface area contributed by atoms with Crippen LogP contribution >= 0.6 is 0 Å². The van der Waals surface area contributed by atoms with Gasteiger partial charge in [-0.2, -0.15) is 0 Å². The largest absolute Gasteiger partial charge is 0.396 e. The Bertz CT molecular complexity index is 981. The van der Waals surface area contributed by atoms with E-state index in [2.05, 4.69) is 91.1 Å². The maximum atomic E-state index is 9.57. The molecule has 0 atom stereocenters. The van der Waals surface area contributed by atoms with Gasteiger partial charge >= 0.3 is 0 Å². The molecule has 2 heteroatoms. The molecule has 1 fully saturated rings. The Morgan fingerprint density at radius 1 is 0.806 bits per heavy atom.